The molecule has 6 heteroatoms. The first-order chi connectivity index (χ1) is 9.25. The molecule has 1 unspecified atom stereocenters. The van der Waals surface area contributed by atoms with Crippen LogP contribution in [-0.2, 0) is 4.79 Å². The number of nitrogens with one attached hydrogen (secondary N) is 2. The first kappa shape index (κ1) is 17.3. The Bertz CT molecular complexity index is 408. The SMILES string of the molecule is Cl.O=C(NCCOc1ccc(Br)cc1)C1CCCCN1. The molecule has 0 bridgehead atoms. The van der Waals surface area contributed by atoms with Gasteiger partial charge >= 0.3 is 0 Å². The number of hydrogen-bond donors (Lipinski definition) is 2. The van der Waals surface area contributed by atoms with Crippen LogP contribution in [0.2, 0.25) is 0 Å². The number of carbonyl (C=O) groups is 1. The zero-order chi connectivity index (χ0) is 13.5. The third-order valence-corrected chi connectivity index (χ3v) is 3.64. The van der Waals surface area contributed by atoms with Gasteiger partial charge in [0.15, 0.2) is 0 Å². The predicted octanol–water partition coefficient (Wildman–Crippen LogP) is 2.51. The quantitative estimate of drug-likeness (QED) is 0.790. The summed E-state index contributed by atoms with van der Waals surface area (Å²) in [5.74, 6) is 0.896. The second-order valence-corrected chi connectivity index (χ2v) is 5.51. The van der Waals surface area contributed by atoms with Gasteiger partial charge < -0.3 is 15.4 Å². The van der Waals surface area contributed by atoms with E-state index in [1.165, 1.54) is 0 Å². The van der Waals surface area contributed by atoms with E-state index in [0.29, 0.717) is 13.2 Å². The Morgan fingerprint density at radius 2 is 2.10 bits per heavy atom. The fourth-order valence-corrected chi connectivity index (χ4v) is 2.34. The number of halogens is 2. The van der Waals surface area contributed by atoms with Crippen LogP contribution in [0, 0.1) is 0 Å². The molecule has 0 aromatic heterocycles. The zero-order valence-corrected chi connectivity index (χ0v) is 13.6. The van der Waals surface area contributed by atoms with E-state index in [-0.39, 0.29) is 24.4 Å². The van der Waals surface area contributed by atoms with Gasteiger partial charge in [0.2, 0.25) is 5.91 Å². The third-order valence-electron chi connectivity index (χ3n) is 3.11. The summed E-state index contributed by atoms with van der Waals surface area (Å²) < 4.78 is 6.57. The molecular weight excluding hydrogens is 344 g/mol. The normalized spacial score (nSPS) is 17.9. The standard InChI is InChI=1S/C14H19BrN2O2.ClH/c15-11-4-6-12(7-5-11)19-10-9-17-14(18)13-3-1-2-8-16-13;/h4-7,13,16H,1-3,8-10H2,(H,17,18);1H. The summed E-state index contributed by atoms with van der Waals surface area (Å²) in [7, 11) is 0. The van der Waals surface area contributed by atoms with Crippen molar-refractivity contribution >= 4 is 34.2 Å². The van der Waals surface area contributed by atoms with Crippen LogP contribution in [0.25, 0.3) is 0 Å². The largest absolute Gasteiger partial charge is 0.492 e. The van der Waals surface area contributed by atoms with Gasteiger partial charge in [-0.25, -0.2) is 0 Å². The number of benzene rings is 1. The zero-order valence-electron chi connectivity index (χ0n) is 11.2. The summed E-state index contributed by atoms with van der Waals surface area (Å²) in [5.41, 5.74) is 0. The minimum Gasteiger partial charge on any atom is -0.492 e. The predicted molar refractivity (Wildman–Crippen MR) is 85.5 cm³/mol. The summed E-state index contributed by atoms with van der Waals surface area (Å²) in [5, 5.41) is 6.12. The van der Waals surface area contributed by atoms with E-state index >= 15 is 0 Å². The highest BCUT2D eigenvalue weighted by molar-refractivity contribution is 9.10. The van der Waals surface area contributed by atoms with Crippen LogP contribution in [0.5, 0.6) is 5.75 Å². The van der Waals surface area contributed by atoms with Gasteiger partial charge in [-0.2, -0.15) is 0 Å². The van der Waals surface area contributed by atoms with Crippen molar-refractivity contribution in [2.75, 3.05) is 19.7 Å². The molecule has 2 N–H and O–H groups in total. The van der Waals surface area contributed by atoms with Gasteiger partial charge in [0.25, 0.3) is 0 Å². The molecule has 0 spiro atoms. The Kier molecular flexibility index (Phi) is 7.95. The highest BCUT2D eigenvalue weighted by Gasteiger charge is 2.19. The summed E-state index contributed by atoms with van der Waals surface area (Å²) in [4.78, 5) is 11.8. The van der Waals surface area contributed by atoms with Crippen LogP contribution >= 0.6 is 28.3 Å². The van der Waals surface area contributed by atoms with Gasteiger partial charge in [0, 0.05) is 4.47 Å². The molecule has 1 aromatic carbocycles. The van der Waals surface area contributed by atoms with E-state index in [2.05, 4.69) is 26.6 Å². The van der Waals surface area contributed by atoms with E-state index < -0.39 is 0 Å². The van der Waals surface area contributed by atoms with Gasteiger partial charge in [-0.1, -0.05) is 22.4 Å². The fourth-order valence-electron chi connectivity index (χ4n) is 2.07. The number of ether oxygens (including phenoxy) is 1. The lowest BCUT2D eigenvalue weighted by Crippen LogP contribution is -2.47. The lowest BCUT2D eigenvalue weighted by atomic mass is 10.0. The molecule has 2 rings (SSSR count). The molecule has 1 aliphatic heterocycles. The Morgan fingerprint density at radius 1 is 1.35 bits per heavy atom. The Labute approximate surface area is 134 Å². The maximum Gasteiger partial charge on any atom is 0.237 e. The number of amides is 1. The molecular formula is C14H20BrClN2O2. The molecule has 0 aliphatic carbocycles. The van der Waals surface area contributed by atoms with Gasteiger partial charge in [0.1, 0.15) is 12.4 Å². The highest BCUT2D eigenvalue weighted by Crippen LogP contribution is 2.15. The molecule has 1 saturated heterocycles. The average Bonchev–Trinajstić information content (AvgIpc) is 2.46. The van der Waals surface area contributed by atoms with Crippen molar-refractivity contribution in [3.63, 3.8) is 0 Å². The lowest BCUT2D eigenvalue weighted by Gasteiger charge is -2.22. The number of hydrogen-bond acceptors (Lipinski definition) is 3. The topological polar surface area (TPSA) is 50.4 Å². The lowest BCUT2D eigenvalue weighted by molar-refractivity contribution is -0.123. The molecule has 1 atom stereocenters. The van der Waals surface area contributed by atoms with Crippen LogP contribution in [0.15, 0.2) is 28.7 Å². The molecule has 1 aliphatic rings. The number of piperidine rings is 1. The molecule has 1 fully saturated rings. The van der Waals surface area contributed by atoms with Crippen molar-refractivity contribution < 1.29 is 9.53 Å². The smallest absolute Gasteiger partial charge is 0.237 e. The van der Waals surface area contributed by atoms with Gasteiger partial charge in [-0.15, -0.1) is 12.4 Å². The molecule has 4 nitrogen and oxygen atoms in total. The Hall–Kier alpha value is -0.780. The third kappa shape index (κ3) is 5.69. The van der Waals surface area contributed by atoms with Crippen LogP contribution in [0.3, 0.4) is 0 Å². The van der Waals surface area contributed by atoms with E-state index in [9.17, 15) is 4.79 Å². The van der Waals surface area contributed by atoms with E-state index in [1.54, 1.807) is 0 Å². The number of carbonyl (C=O) groups excluding carboxylic acids is 1. The van der Waals surface area contributed by atoms with Gasteiger partial charge in [-0.05, 0) is 43.7 Å². The van der Waals surface area contributed by atoms with Crippen LogP contribution < -0.4 is 15.4 Å². The minimum atomic E-state index is -0.0265. The maximum absolute atomic E-state index is 11.8. The van der Waals surface area contributed by atoms with E-state index in [1.807, 2.05) is 24.3 Å². The molecule has 1 aromatic rings. The number of rotatable bonds is 5. The average molecular weight is 364 g/mol. The minimum absolute atomic E-state index is 0. The molecule has 1 amide bonds. The summed E-state index contributed by atoms with van der Waals surface area (Å²) >= 11 is 3.37. The van der Waals surface area contributed by atoms with Crippen LogP contribution in [-0.4, -0.2) is 31.6 Å². The molecule has 20 heavy (non-hydrogen) atoms. The van der Waals surface area contributed by atoms with Gasteiger partial charge in [-0.3, -0.25) is 4.79 Å². The second kappa shape index (κ2) is 9.21. The van der Waals surface area contributed by atoms with Crippen molar-refractivity contribution in [2.45, 2.75) is 25.3 Å². The van der Waals surface area contributed by atoms with Crippen molar-refractivity contribution in [3.8, 4) is 5.75 Å². The van der Waals surface area contributed by atoms with Crippen molar-refractivity contribution in [1.29, 1.82) is 0 Å². The van der Waals surface area contributed by atoms with Crippen molar-refractivity contribution in [2.24, 2.45) is 0 Å². The monoisotopic (exact) mass is 362 g/mol. The van der Waals surface area contributed by atoms with Crippen molar-refractivity contribution in [1.82, 2.24) is 10.6 Å². The molecule has 0 saturated carbocycles. The molecule has 112 valence electrons. The van der Waals surface area contributed by atoms with Gasteiger partial charge in [0.05, 0.1) is 12.6 Å². The highest BCUT2D eigenvalue weighted by atomic mass is 79.9. The fraction of sp³-hybridized carbons (Fsp3) is 0.500. The van der Waals surface area contributed by atoms with E-state index in [0.717, 1.165) is 36.0 Å². The van der Waals surface area contributed by atoms with Crippen molar-refractivity contribution in [3.05, 3.63) is 28.7 Å². The first-order valence-electron chi connectivity index (χ1n) is 6.65. The summed E-state index contributed by atoms with van der Waals surface area (Å²) in [6.07, 6.45) is 3.22. The Morgan fingerprint density at radius 3 is 2.75 bits per heavy atom. The molecule has 1 heterocycles. The maximum atomic E-state index is 11.8. The molecule has 0 radical (unpaired) electrons. The van der Waals surface area contributed by atoms with Crippen LogP contribution in [0.4, 0.5) is 0 Å². The first-order valence-corrected chi connectivity index (χ1v) is 7.44. The van der Waals surface area contributed by atoms with E-state index in [4.69, 9.17) is 4.74 Å². The second-order valence-electron chi connectivity index (χ2n) is 4.60. The Balaban J connectivity index is 0.00000200. The summed E-state index contributed by atoms with van der Waals surface area (Å²) in [6.45, 7) is 1.96. The summed E-state index contributed by atoms with van der Waals surface area (Å²) in [6, 6.07) is 7.63. The van der Waals surface area contributed by atoms with Crippen LogP contribution in [0.1, 0.15) is 19.3 Å².